The Hall–Kier alpha value is -1.56. The second kappa shape index (κ2) is 6.06. The lowest BCUT2D eigenvalue weighted by atomic mass is 10.1. The summed E-state index contributed by atoms with van der Waals surface area (Å²) in [6.07, 6.45) is 0. The van der Waals surface area contributed by atoms with Gasteiger partial charge in [0.1, 0.15) is 12.4 Å². The van der Waals surface area contributed by atoms with Crippen LogP contribution in [0, 0.1) is 10.5 Å². The van der Waals surface area contributed by atoms with Crippen LogP contribution in [0.15, 0.2) is 42.5 Å². The third-order valence-electron chi connectivity index (χ3n) is 2.75. The van der Waals surface area contributed by atoms with Crippen molar-refractivity contribution in [1.29, 1.82) is 0 Å². The lowest BCUT2D eigenvalue weighted by molar-refractivity contribution is 0.0696. The molecule has 0 spiro atoms. The summed E-state index contributed by atoms with van der Waals surface area (Å²) in [7, 11) is 0. The molecule has 0 saturated heterocycles. The number of carbonyl (C=O) groups is 1. The van der Waals surface area contributed by atoms with Crippen LogP contribution in [-0.4, -0.2) is 11.1 Å². The summed E-state index contributed by atoms with van der Waals surface area (Å²) >= 11 is 2.25. The van der Waals surface area contributed by atoms with Crippen molar-refractivity contribution in [2.45, 2.75) is 13.5 Å². The largest absolute Gasteiger partial charge is 0.489 e. The standard InChI is InChI=1S/C15H13IO3/c1-10-8-13(6-7-14(10)15(17)18)19-9-11-2-4-12(16)5-3-11/h2-8H,9H2,1H3,(H,17,18). The van der Waals surface area contributed by atoms with E-state index in [0.29, 0.717) is 23.5 Å². The molecular weight excluding hydrogens is 355 g/mol. The van der Waals surface area contributed by atoms with Crippen molar-refractivity contribution in [3.05, 3.63) is 62.7 Å². The SMILES string of the molecule is Cc1cc(OCc2ccc(I)cc2)ccc1C(=O)O. The summed E-state index contributed by atoms with van der Waals surface area (Å²) < 4.78 is 6.84. The minimum atomic E-state index is -0.915. The third kappa shape index (κ3) is 3.70. The molecule has 2 rings (SSSR count). The first-order chi connectivity index (χ1) is 9.06. The predicted molar refractivity (Wildman–Crippen MR) is 81.6 cm³/mol. The molecule has 4 heteroatoms. The van der Waals surface area contributed by atoms with Gasteiger partial charge in [-0.1, -0.05) is 12.1 Å². The number of hydrogen-bond acceptors (Lipinski definition) is 2. The van der Waals surface area contributed by atoms with Gasteiger partial charge in [-0.25, -0.2) is 4.79 Å². The monoisotopic (exact) mass is 368 g/mol. The topological polar surface area (TPSA) is 46.5 Å². The van der Waals surface area contributed by atoms with Gasteiger partial charge in [0.15, 0.2) is 0 Å². The first-order valence-corrected chi connectivity index (χ1v) is 6.85. The summed E-state index contributed by atoms with van der Waals surface area (Å²) in [5, 5.41) is 8.95. The fourth-order valence-corrected chi connectivity index (χ4v) is 2.07. The van der Waals surface area contributed by atoms with Crippen molar-refractivity contribution in [2.24, 2.45) is 0 Å². The molecule has 98 valence electrons. The van der Waals surface area contributed by atoms with E-state index >= 15 is 0 Å². The van der Waals surface area contributed by atoms with Crippen LogP contribution in [0.2, 0.25) is 0 Å². The minimum absolute atomic E-state index is 0.307. The summed E-state index contributed by atoms with van der Waals surface area (Å²) in [4.78, 5) is 10.9. The van der Waals surface area contributed by atoms with E-state index in [4.69, 9.17) is 9.84 Å². The van der Waals surface area contributed by atoms with Gasteiger partial charge in [0.2, 0.25) is 0 Å². The fourth-order valence-electron chi connectivity index (χ4n) is 1.71. The summed E-state index contributed by atoms with van der Waals surface area (Å²) in [6.45, 7) is 2.24. The molecule has 0 aromatic heterocycles. The number of carboxylic acid groups (broad SMARTS) is 1. The zero-order valence-electron chi connectivity index (χ0n) is 10.4. The lowest BCUT2D eigenvalue weighted by Gasteiger charge is -2.08. The minimum Gasteiger partial charge on any atom is -0.489 e. The molecule has 0 aliphatic carbocycles. The predicted octanol–water partition coefficient (Wildman–Crippen LogP) is 3.88. The maximum Gasteiger partial charge on any atom is 0.335 e. The first kappa shape index (κ1) is 13.9. The molecule has 0 amide bonds. The molecule has 2 aromatic carbocycles. The van der Waals surface area contributed by atoms with E-state index in [1.54, 1.807) is 25.1 Å². The Morgan fingerprint density at radius 1 is 1.21 bits per heavy atom. The summed E-state index contributed by atoms with van der Waals surface area (Å²) in [6, 6.07) is 13.1. The molecule has 0 unspecified atom stereocenters. The smallest absolute Gasteiger partial charge is 0.335 e. The highest BCUT2D eigenvalue weighted by atomic mass is 127. The maximum absolute atomic E-state index is 10.9. The van der Waals surface area contributed by atoms with E-state index in [-0.39, 0.29) is 0 Å². The van der Waals surface area contributed by atoms with Crippen LogP contribution < -0.4 is 4.74 Å². The van der Waals surface area contributed by atoms with Crippen molar-refractivity contribution in [2.75, 3.05) is 0 Å². The molecule has 0 fully saturated rings. The van der Waals surface area contributed by atoms with Crippen LogP contribution in [0.4, 0.5) is 0 Å². The third-order valence-corrected chi connectivity index (χ3v) is 3.47. The first-order valence-electron chi connectivity index (χ1n) is 5.77. The number of rotatable bonds is 4. The average Bonchev–Trinajstić information content (AvgIpc) is 2.37. The van der Waals surface area contributed by atoms with Crippen LogP contribution in [-0.2, 0) is 6.61 Å². The molecule has 1 N–H and O–H groups in total. The second-order valence-electron chi connectivity index (χ2n) is 4.20. The molecule has 0 heterocycles. The van der Waals surface area contributed by atoms with Crippen molar-refractivity contribution >= 4 is 28.6 Å². The van der Waals surface area contributed by atoms with Gasteiger partial charge < -0.3 is 9.84 Å². The summed E-state index contributed by atoms with van der Waals surface area (Å²) in [5.41, 5.74) is 2.09. The summed E-state index contributed by atoms with van der Waals surface area (Å²) in [5.74, 6) is -0.234. The van der Waals surface area contributed by atoms with Crippen molar-refractivity contribution in [3.63, 3.8) is 0 Å². The lowest BCUT2D eigenvalue weighted by Crippen LogP contribution is -2.01. The maximum atomic E-state index is 10.9. The highest BCUT2D eigenvalue weighted by Gasteiger charge is 2.07. The van der Waals surface area contributed by atoms with Crippen LogP contribution in [0.1, 0.15) is 21.5 Å². The zero-order valence-corrected chi connectivity index (χ0v) is 12.5. The molecule has 19 heavy (non-hydrogen) atoms. The van der Waals surface area contributed by atoms with Gasteiger partial charge in [-0.15, -0.1) is 0 Å². The van der Waals surface area contributed by atoms with Gasteiger partial charge in [0.25, 0.3) is 0 Å². The van der Waals surface area contributed by atoms with Gasteiger partial charge in [-0.05, 0) is 71.0 Å². The number of hydrogen-bond donors (Lipinski definition) is 1. The van der Waals surface area contributed by atoms with Gasteiger partial charge in [0.05, 0.1) is 5.56 Å². The average molecular weight is 368 g/mol. The van der Waals surface area contributed by atoms with Gasteiger partial charge >= 0.3 is 5.97 Å². The Bertz CT molecular complexity index is 591. The van der Waals surface area contributed by atoms with Crippen LogP contribution in [0.3, 0.4) is 0 Å². The molecule has 0 bridgehead atoms. The number of carboxylic acids is 1. The number of halogens is 1. The number of benzene rings is 2. The van der Waals surface area contributed by atoms with Gasteiger partial charge in [-0.3, -0.25) is 0 Å². The Balaban J connectivity index is 2.06. The number of aryl methyl sites for hydroxylation is 1. The van der Waals surface area contributed by atoms with Crippen molar-refractivity contribution in [1.82, 2.24) is 0 Å². The van der Waals surface area contributed by atoms with Crippen LogP contribution in [0.25, 0.3) is 0 Å². The van der Waals surface area contributed by atoms with E-state index in [9.17, 15) is 4.79 Å². The normalized spacial score (nSPS) is 10.2. The highest BCUT2D eigenvalue weighted by Crippen LogP contribution is 2.18. The second-order valence-corrected chi connectivity index (χ2v) is 5.44. The van der Waals surface area contributed by atoms with Crippen LogP contribution >= 0.6 is 22.6 Å². The molecule has 0 radical (unpaired) electrons. The molecular formula is C15H13IO3. The van der Waals surface area contributed by atoms with E-state index in [1.165, 1.54) is 3.57 Å². The van der Waals surface area contributed by atoms with Gasteiger partial charge in [-0.2, -0.15) is 0 Å². The van der Waals surface area contributed by atoms with Crippen LogP contribution in [0.5, 0.6) is 5.75 Å². The Morgan fingerprint density at radius 2 is 1.89 bits per heavy atom. The molecule has 0 aliphatic heterocycles. The molecule has 0 saturated carbocycles. The molecule has 0 atom stereocenters. The van der Waals surface area contributed by atoms with Crippen molar-refractivity contribution in [3.8, 4) is 5.75 Å². The Labute approximate surface area is 125 Å². The zero-order chi connectivity index (χ0) is 13.8. The molecule has 2 aromatic rings. The number of ether oxygens (including phenoxy) is 1. The number of aromatic carboxylic acids is 1. The molecule has 0 aliphatic rings. The van der Waals surface area contributed by atoms with Crippen molar-refractivity contribution < 1.29 is 14.6 Å². The fraction of sp³-hybridized carbons (Fsp3) is 0.133. The Kier molecular flexibility index (Phi) is 4.42. The van der Waals surface area contributed by atoms with E-state index in [2.05, 4.69) is 22.6 Å². The Morgan fingerprint density at radius 3 is 2.47 bits per heavy atom. The quantitative estimate of drug-likeness (QED) is 0.834. The van der Waals surface area contributed by atoms with E-state index in [1.807, 2.05) is 24.3 Å². The van der Waals surface area contributed by atoms with Gasteiger partial charge in [0, 0.05) is 3.57 Å². The van der Waals surface area contributed by atoms with E-state index < -0.39 is 5.97 Å². The molecule has 3 nitrogen and oxygen atoms in total. The van der Waals surface area contributed by atoms with E-state index in [0.717, 1.165) is 5.56 Å². The highest BCUT2D eigenvalue weighted by molar-refractivity contribution is 14.1.